The van der Waals surface area contributed by atoms with Crippen molar-refractivity contribution in [2.45, 2.75) is 56.7 Å². The van der Waals surface area contributed by atoms with Gasteiger partial charge < -0.3 is 10.6 Å². The van der Waals surface area contributed by atoms with Gasteiger partial charge in [0.05, 0.1) is 13.1 Å². The predicted molar refractivity (Wildman–Crippen MR) is 66.9 cm³/mol. The molecule has 3 saturated carbocycles. The van der Waals surface area contributed by atoms with Gasteiger partial charge in [0.2, 0.25) is 11.8 Å². The summed E-state index contributed by atoms with van der Waals surface area (Å²) in [6.45, 7) is 0.749. The lowest BCUT2D eigenvalue weighted by Gasteiger charge is -2.20. The van der Waals surface area contributed by atoms with Crippen LogP contribution in [-0.2, 0) is 9.59 Å². The van der Waals surface area contributed by atoms with Crippen LogP contribution in [0.15, 0.2) is 0 Å². The molecular formula is C13H21N3O2. The summed E-state index contributed by atoms with van der Waals surface area (Å²) in [6, 6.07) is 1.25. The molecule has 0 aromatic heterocycles. The van der Waals surface area contributed by atoms with Crippen molar-refractivity contribution in [1.29, 1.82) is 0 Å². The zero-order valence-electron chi connectivity index (χ0n) is 10.7. The van der Waals surface area contributed by atoms with E-state index >= 15 is 0 Å². The van der Waals surface area contributed by atoms with Gasteiger partial charge in [-0.15, -0.1) is 0 Å². The molecule has 0 saturated heterocycles. The lowest BCUT2D eigenvalue weighted by Crippen LogP contribution is -2.44. The van der Waals surface area contributed by atoms with E-state index in [0.717, 1.165) is 38.5 Å². The Hall–Kier alpha value is -1.10. The van der Waals surface area contributed by atoms with E-state index in [1.165, 1.54) is 0 Å². The third-order valence-corrected chi connectivity index (χ3v) is 3.64. The van der Waals surface area contributed by atoms with Gasteiger partial charge in [-0.3, -0.25) is 14.5 Å². The normalized spacial score (nSPS) is 22.9. The van der Waals surface area contributed by atoms with Crippen LogP contribution < -0.4 is 10.6 Å². The fourth-order valence-corrected chi connectivity index (χ4v) is 2.12. The standard InChI is InChI=1S/C13H21N3O2/c17-12(14-9-1-2-9)7-16(11-5-6-11)8-13(18)15-10-3-4-10/h9-11H,1-8H2,(H,14,17)(H,15,18). The third kappa shape index (κ3) is 3.70. The highest BCUT2D eigenvalue weighted by Crippen LogP contribution is 2.27. The van der Waals surface area contributed by atoms with E-state index < -0.39 is 0 Å². The van der Waals surface area contributed by atoms with Crippen LogP contribution in [0.5, 0.6) is 0 Å². The molecule has 2 N–H and O–H groups in total. The first-order chi connectivity index (χ1) is 8.70. The minimum absolute atomic E-state index is 0.0728. The van der Waals surface area contributed by atoms with Gasteiger partial charge in [-0.05, 0) is 38.5 Å². The van der Waals surface area contributed by atoms with Gasteiger partial charge >= 0.3 is 0 Å². The number of rotatable bonds is 7. The second-order valence-corrected chi connectivity index (χ2v) is 5.82. The maximum Gasteiger partial charge on any atom is 0.234 e. The Morgan fingerprint density at radius 2 is 1.28 bits per heavy atom. The first-order valence-corrected chi connectivity index (χ1v) is 7.03. The summed E-state index contributed by atoms with van der Waals surface area (Å²) in [5.41, 5.74) is 0. The summed E-state index contributed by atoms with van der Waals surface area (Å²) in [5, 5.41) is 5.96. The van der Waals surface area contributed by atoms with Crippen LogP contribution in [0, 0.1) is 0 Å². The van der Waals surface area contributed by atoms with E-state index in [9.17, 15) is 9.59 Å². The van der Waals surface area contributed by atoms with Crippen LogP contribution in [-0.4, -0.2) is 47.9 Å². The quantitative estimate of drug-likeness (QED) is 0.670. The summed E-state index contributed by atoms with van der Waals surface area (Å²) in [7, 11) is 0. The molecule has 0 radical (unpaired) electrons. The number of carbonyl (C=O) groups is 2. The fourth-order valence-electron chi connectivity index (χ4n) is 2.12. The molecule has 3 fully saturated rings. The molecule has 0 aromatic carbocycles. The minimum Gasteiger partial charge on any atom is -0.352 e. The highest BCUT2D eigenvalue weighted by molar-refractivity contribution is 5.81. The van der Waals surface area contributed by atoms with Gasteiger partial charge in [-0.2, -0.15) is 0 Å². The molecule has 5 nitrogen and oxygen atoms in total. The van der Waals surface area contributed by atoms with E-state index in [4.69, 9.17) is 0 Å². The van der Waals surface area contributed by atoms with Crippen LogP contribution in [0.2, 0.25) is 0 Å². The van der Waals surface area contributed by atoms with Crippen molar-refractivity contribution in [3.05, 3.63) is 0 Å². The first kappa shape index (κ1) is 12.0. The largest absolute Gasteiger partial charge is 0.352 e. The lowest BCUT2D eigenvalue weighted by atomic mass is 10.4. The maximum absolute atomic E-state index is 11.8. The summed E-state index contributed by atoms with van der Waals surface area (Å²) >= 11 is 0. The molecule has 2 amide bonds. The van der Waals surface area contributed by atoms with E-state index in [2.05, 4.69) is 10.6 Å². The fraction of sp³-hybridized carbons (Fsp3) is 0.846. The maximum atomic E-state index is 11.8. The smallest absolute Gasteiger partial charge is 0.234 e. The molecule has 0 spiro atoms. The molecule has 0 unspecified atom stereocenters. The van der Waals surface area contributed by atoms with Crippen molar-refractivity contribution in [2.24, 2.45) is 0 Å². The SMILES string of the molecule is O=C(CN(CC(=O)NC1CC1)C1CC1)NC1CC1. The van der Waals surface area contributed by atoms with Crippen LogP contribution in [0.1, 0.15) is 38.5 Å². The van der Waals surface area contributed by atoms with Gasteiger partial charge in [0.1, 0.15) is 0 Å². The Labute approximate surface area is 107 Å². The molecule has 3 rings (SSSR count). The summed E-state index contributed by atoms with van der Waals surface area (Å²) in [4.78, 5) is 25.6. The van der Waals surface area contributed by atoms with Crippen molar-refractivity contribution >= 4 is 11.8 Å². The van der Waals surface area contributed by atoms with E-state index in [0.29, 0.717) is 31.2 Å². The topological polar surface area (TPSA) is 61.4 Å². The molecule has 5 heteroatoms. The van der Waals surface area contributed by atoms with E-state index in [-0.39, 0.29) is 11.8 Å². The number of hydrogen-bond acceptors (Lipinski definition) is 3. The summed E-state index contributed by atoms with van der Waals surface area (Å²) < 4.78 is 0. The van der Waals surface area contributed by atoms with Gasteiger partial charge in [-0.1, -0.05) is 0 Å². The number of nitrogens with zero attached hydrogens (tertiary/aromatic N) is 1. The van der Waals surface area contributed by atoms with E-state index in [1.807, 2.05) is 4.90 Å². The second-order valence-electron chi connectivity index (χ2n) is 5.82. The Morgan fingerprint density at radius 3 is 1.61 bits per heavy atom. The third-order valence-electron chi connectivity index (χ3n) is 3.64. The molecular weight excluding hydrogens is 230 g/mol. The Kier molecular flexibility index (Phi) is 3.24. The molecule has 3 aliphatic rings. The van der Waals surface area contributed by atoms with Crippen LogP contribution in [0.4, 0.5) is 0 Å². The molecule has 18 heavy (non-hydrogen) atoms. The van der Waals surface area contributed by atoms with Crippen LogP contribution in [0.3, 0.4) is 0 Å². The summed E-state index contributed by atoms with van der Waals surface area (Å²) in [5.74, 6) is 0.146. The molecule has 0 heterocycles. The van der Waals surface area contributed by atoms with Crippen molar-refractivity contribution in [2.75, 3.05) is 13.1 Å². The van der Waals surface area contributed by atoms with Gasteiger partial charge in [0.25, 0.3) is 0 Å². The van der Waals surface area contributed by atoms with Crippen LogP contribution >= 0.6 is 0 Å². The molecule has 0 bridgehead atoms. The van der Waals surface area contributed by atoms with Gasteiger partial charge in [-0.25, -0.2) is 0 Å². The average molecular weight is 251 g/mol. The zero-order valence-corrected chi connectivity index (χ0v) is 10.7. The number of nitrogens with one attached hydrogen (secondary N) is 2. The highest BCUT2D eigenvalue weighted by Gasteiger charge is 2.33. The van der Waals surface area contributed by atoms with Crippen molar-refractivity contribution in [3.63, 3.8) is 0 Å². The monoisotopic (exact) mass is 251 g/mol. The average Bonchev–Trinajstić information content (AvgIpc) is 3.08. The van der Waals surface area contributed by atoms with Gasteiger partial charge in [0, 0.05) is 18.1 Å². The van der Waals surface area contributed by atoms with Crippen LogP contribution in [0.25, 0.3) is 0 Å². The van der Waals surface area contributed by atoms with Crippen molar-refractivity contribution in [1.82, 2.24) is 15.5 Å². The molecule has 0 aromatic rings. The molecule has 0 atom stereocenters. The second kappa shape index (κ2) is 4.88. The highest BCUT2D eigenvalue weighted by atomic mass is 16.2. The number of carbonyl (C=O) groups excluding carboxylic acids is 2. The first-order valence-electron chi connectivity index (χ1n) is 7.03. The van der Waals surface area contributed by atoms with Crippen molar-refractivity contribution < 1.29 is 9.59 Å². The number of hydrogen-bond donors (Lipinski definition) is 2. The Balaban J connectivity index is 1.44. The Bertz CT molecular complexity index is 318. The molecule has 0 aliphatic heterocycles. The molecule has 100 valence electrons. The number of amides is 2. The zero-order chi connectivity index (χ0) is 12.5. The molecule has 3 aliphatic carbocycles. The van der Waals surface area contributed by atoms with Crippen molar-refractivity contribution in [3.8, 4) is 0 Å². The summed E-state index contributed by atoms with van der Waals surface area (Å²) in [6.07, 6.45) is 6.67. The van der Waals surface area contributed by atoms with E-state index in [1.54, 1.807) is 0 Å². The Morgan fingerprint density at radius 1 is 0.833 bits per heavy atom. The minimum atomic E-state index is 0.0728. The van der Waals surface area contributed by atoms with Gasteiger partial charge in [0.15, 0.2) is 0 Å². The lowest BCUT2D eigenvalue weighted by molar-refractivity contribution is -0.125. The predicted octanol–water partition coefficient (Wildman–Crippen LogP) is 0.00800.